The highest BCUT2D eigenvalue weighted by Crippen LogP contribution is 2.52. The Hall–Kier alpha value is -2.82. The molecule has 3 heterocycles. The number of hydrogen-bond acceptors (Lipinski definition) is 5. The molecule has 1 saturated carbocycles. The van der Waals surface area contributed by atoms with Crippen LogP contribution in [0, 0.1) is 11.3 Å². The number of allylic oxidation sites excluding steroid dienone is 1. The summed E-state index contributed by atoms with van der Waals surface area (Å²) in [6.07, 6.45) is 3.83. The van der Waals surface area contributed by atoms with Gasteiger partial charge in [-0.25, -0.2) is 4.98 Å². The van der Waals surface area contributed by atoms with Gasteiger partial charge in [0.05, 0.1) is 18.3 Å². The van der Waals surface area contributed by atoms with E-state index in [0.29, 0.717) is 36.7 Å². The number of carbonyl (C=O) groups excluding carboxylic acids is 1. The van der Waals surface area contributed by atoms with E-state index in [0.717, 1.165) is 23.1 Å². The van der Waals surface area contributed by atoms with Crippen LogP contribution in [-0.4, -0.2) is 17.6 Å². The van der Waals surface area contributed by atoms with Gasteiger partial charge in [0.15, 0.2) is 11.3 Å². The highest BCUT2D eigenvalue weighted by atomic mass is 16.5. The molecule has 0 amide bonds. The lowest BCUT2D eigenvalue weighted by Crippen LogP contribution is -2.31. The molecule has 1 saturated heterocycles. The van der Waals surface area contributed by atoms with Gasteiger partial charge in [-0.15, -0.1) is 0 Å². The molecule has 1 aromatic carbocycles. The Morgan fingerprint density at radius 3 is 3.08 bits per heavy atom. The molecule has 1 aliphatic heterocycles. The van der Waals surface area contributed by atoms with Gasteiger partial charge in [-0.3, -0.25) is 4.79 Å². The van der Waals surface area contributed by atoms with Gasteiger partial charge in [0, 0.05) is 5.92 Å². The van der Waals surface area contributed by atoms with E-state index in [1.165, 1.54) is 0 Å². The van der Waals surface area contributed by atoms with Gasteiger partial charge in [-0.1, -0.05) is 18.2 Å². The molecule has 0 N–H and O–H groups in total. The number of rotatable bonds is 3. The van der Waals surface area contributed by atoms with Crippen LogP contribution in [0.5, 0.6) is 0 Å². The topological polar surface area (TPSA) is 65.5 Å². The molecule has 2 atom stereocenters. The van der Waals surface area contributed by atoms with E-state index in [9.17, 15) is 4.79 Å². The second-order valence-electron chi connectivity index (χ2n) is 7.06. The molecule has 0 radical (unpaired) electrons. The predicted molar refractivity (Wildman–Crippen MR) is 90.7 cm³/mol. The second kappa shape index (κ2) is 5.09. The lowest BCUT2D eigenvalue weighted by atomic mass is 9.75. The molecule has 5 rings (SSSR count). The number of hydrogen-bond donors (Lipinski definition) is 0. The number of oxazole rings is 1. The van der Waals surface area contributed by atoms with Crippen LogP contribution in [0.25, 0.3) is 22.8 Å². The molecule has 1 aliphatic carbocycles. The molecule has 2 aromatic heterocycles. The van der Waals surface area contributed by atoms with E-state index in [1.54, 1.807) is 12.3 Å². The normalized spacial score (nSPS) is 25.5. The fourth-order valence-electron chi connectivity index (χ4n) is 4.22. The smallest absolute Gasteiger partial charge is 0.313 e. The zero-order chi connectivity index (χ0) is 17.0. The first-order valence-corrected chi connectivity index (χ1v) is 8.41. The van der Waals surface area contributed by atoms with Crippen molar-refractivity contribution in [2.45, 2.75) is 19.3 Å². The molecule has 2 aliphatic rings. The summed E-state index contributed by atoms with van der Waals surface area (Å²) in [6, 6.07) is 9.50. The Balaban J connectivity index is 1.51. The molecule has 25 heavy (non-hydrogen) atoms. The van der Waals surface area contributed by atoms with E-state index in [2.05, 4.69) is 11.6 Å². The van der Waals surface area contributed by atoms with Crippen molar-refractivity contribution in [2.75, 3.05) is 6.61 Å². The van der Waals surface area contributed by atoms with Gasteiger partial charge in [0.25, 0.3) is 5.89 Å². The monoisotopic (exact) mass is 335 g/mol. The quantitative estimate of drug-likeness (QED) is 0.531. The summed E-state index contributed by atoms with van der Waals surface area (Å²) in [6.45, 7) is 4.60. The second-order valence-corrected chi connectivity index (χ2v) is 7.06. The highest BCUT2D eigenvalue weighted by molar-refractivity contribution is 5.82. The van der Waals surface area contributed by atoms with Crippen LogP contribution in [0.15, 0.2) is 57.6 Å². The maximum absolute atomic E-state index is 12.4. The fourth-order valence-corrected chi connectivity index (χ4v) is 4.22. The minimum Gasteiger partial charge on any atom is -0.465 e. The van der Waals surface area contributed by atoms with Crippen molar-refractivity contribution in [3.63, 3.8) is 0 Å². The van der Waals surface area contributed by atoms with Gasteiger partial charge in [0.2, 0.25) is 0 Å². The lowest BCUT2D eigenvalue weighted by Gasteiger charge is -2.23. The average molecular weight is 335 g/mol. The van der Waals surface area contributed by atoms with E-state index >= 15 is 0 Å². The largest absolute Gasteiger partial charge is 0.465 e. The minimum absolute atomic E-state index is 0.0901. The number of benzene rings is 1. The molecule has 2 fully saturated rings. The van der Waals surface area contributed by atoms with Crippen LogP contribution in [0.2, 0.25) is 0 Å². The Bertz CT molecular complexity index is 984. The number of aromatic nitrogens is 1. The number of fused-ring (bicyclic) bond motifs is 2. The van der Waals surface area contributed by atoms with Gasteiger partial charge >= 0.3 is 5.97 Å². The van der Waals surface area contributed by atoms with Crippen LogP contribution in [0.3, 0.4) is 0 Å². The molecule has 5 heteroatoms. The number of esters is 1. The van der Waals surface area contributed by atoms with E-state index in [4.69, 9.17) is 13.6 Å². The first-order chi connectivity index (χ1) is 12.1. The SMILES string of the molecule is C=C1CC2COC(=O)C2(Cc2ccc3oc(-c4ccco4)nc3c2)C1. The van der Waals surface area contributed by atoms with E-state index < -0.39 is 5.41 Å². The minimum atomic E-state index is -0.460. The highest BCUT2D eigenvalue weighted by Gasteiger charge is 2.55. The van der Waals surface area contributed by atoms with Crippen molar-refractivity contribution < 1.29 is 18.4 Å². The molecule has 3 aromatic rings. The summed E-state index contributed by atoms with van der Waals surface area (Å²) in [4.78, 5) is 17.0. The molecule has 0 spiro atoms. The van der Waals surface area contributed by atoms with Gasteiger partial charge in [-0.2, -0.15) is 0 Å². The van der Waals surface area contributed by atoms with Crippen LogP contribution in [0.1, 0.15) is 18.4 Å². The molecular formula is C20H17NO4. The van der Waals surface area contributed by atoms with Crippen molar-refractivity contribution in [3.8, 4) is 11.7 Å². The first-order valence-electron chi connectivity index (χ1n) is 8.41. The van der Waals surface area contributed by atoms with Crippen molar-refractivity contribution in [1.29, 1.82) is 0 Å². The van der Waals surface area contributed by atoms with Crippen molar-refractivity contribution in [3.05, 3.63) is 54.3 Å². The van der Waals surface area contributed by atoms with Gasteiger partial charge in [0.1, 0.15) is 5.52 Å². The molecule has 2 unspecified atom stereocenters. The zero-order valence-corrected chi connectivity index (χ0v) is 13.7. The van der Waals surface area contributed by atoms with Crippen molar-refractivity contribution >= 4 is 17.1 Å². The van der Waals surface area contributed by atoms with Gasteiger partial charge < -0.3 is 13.6 Å². The molecule has 126 valence electrons. The van der Waals surface area contributed by atoms with Crippen molar-refractivity contribution in [2.24, 2.45) is 11.3 Å². The Morgan fingerprint density at radius 1 is 1.32 bits per heavy atom. The molecular weight excluding hydrogens is 318 g/mol. The third kappa shape index (κ3) is 2.15. The summed E-state index contributed by atoms with van der Waals surface area (Å²) in [5.41, 5.74) is 3.21. The fraction of sp³-hybridized carbons (Fsp3) is 0.300. The summed E-state index contributed by atoms with van der Waals surface area (Å²) in [5, 5.41) is 0. The summed E-state index contributed by atoms with van der Waals surface area (Å²) in [7, 11) is 0. The molecule has 0 bridgehead atoms. The summed E-state index contributed by atoms with van der Waals surface area (Å²) in [5.74, 6) is 1.21. The third-order valence-corrected chi connectivity index (χ3v) is 5.41. The Kier molecular flexibility index (Phi) is 2.95. The number of ether oxygens (including phenoxy) is 1. The maximum atomic E-state index is 12.4. The van der Waals surface area contributed by atoms with Crippen LogP contribution in [0.4, 0.5) is 0 Å². The van der Waals surface area contributed by atoms with E-state index in [-0.39, 0.29) is 11.9 Å². The van der Waals surface area contributed by atoms with Crippen molar-refractivity contribution in [1.82, 2.24) is 4.98 Å². The van der Waals surface area contributed by atoms with E-state index in [1.807, 2.05) is 24.3 Å². The van der Waals surface area contributed by atoms with Crippen LogP contribution < -0.4 is 0 Å². The number of carbonyl (C=O) groups is 1. The number of nitrogens with zero attached hydrogens (tertiary/aromatic N) is 1. The van der Waals surface area contributed by atoms with Gasteiger partial charge in [-0.05, 0) is 49.1 Å². The Morgan fingerprint density at radius 2 is 2.24 bits per heavy atom. The first kappa shape index (κ1) is 14.5. The summed E-state index contributed by atoms with van der Waals surface area (Å²) < 4.78 is 16.4. The number of cyclic esters (lactones) is 1. The standard InChI is InChI=1S/C20H17NO4/c1-12-7-14-11-24-19(22)20(14,9-12)10-13-4-5-16-15(8-13)21-18(25-16)17-3-2-6-23-17/h2-6,8,14H,1,7,9-11H2. The lowest BCUT2D eigenvalue weighted by molar-refractivity contribution is -0.146. The molecule has 5 nitrogen and oxygen atoms in total. The maximum Gasteiger partial charge on any atom is 0.313 e. The summed E-state index contributed by atoms with van der Waals surface area (Å²) >= 11 is 0. The Labute approximate surface area is 144 Å². The van der Waals surface area contributed by atoms with Crippen LogP contribution in [-0.2, 0) is 16.0 Å². The third-order valence-electron chi connectivity index (χ3n) is 5.41. The zero-order valence-electron chi connectivity index (χ0n) is 13.7. The average Bonchev–Trinajstić information content (AvgIpc) is 3.33. The number of furan rings is 1. The van der Waals surface area contributed by atoms with Crippen LogP contribution >= 0.6 is 0 Å². The predicted octanol–water partition coefficient (Wildman–Crippen LogP) is 4.14.